The van der Waals surface area contributed by atoms with Gasteiger partial charge in [0.2, 0.25) is 0 Å². The van der Waals surface area contributed by atoms with Gasteiger partial charge in [-0.2, -0.15) is 0 Å². The molecule has 0 amide bonds. The van der Waals surface area contributed by atoms with E-state index in [1.54, 1.807) is 0 Å². The van der Waals surface area contributed by atoms with E-state index >= 15 is 0 Å². The van der Waals surface area contributed by atoms with Crippen LogP contribution in [0.25, 0.3) is 0 Å². The topological polar surface area (TPSA) is 21.3 Å². The third-order valence-electron chi connectivity index (χ3n) is 2.57. The van der Waals surface area contributed by atoms with Crippen molar-refractivity contribution in [1.29, 1.82) is 0 Å². The van der Waals surface area contributed by atoms with Crippen LogP contribution in [0.5, 0.6) is 0 Å². The van der Waals surface area contributed by atoms with E-state index in [9.17, 15) is 0 Å². The molecule has 0 bridgehead atoms. The summed E-state index contributed by atoms with van der Waals surface area (Å²) < 4.78 is 5.75. The first-order chi connectivity index (χ1) is 7.29. The number of nitrogens with one attached hydrogen (secondary N) is 1. The summed E-state index contributed by atoms with van der Waals surface area (Å²) in [4.78, 5) is 0. The van der Waals surface area contributed by atoms with Gasteiger partial charge in [-0.25, -0.2) is 0 Å². The molecule has 0 aliphatic carbocycles. The van der Waals surface area contributed by atoms with Crippen molar-refractivity contribution in [3.63, 3.8) is 0 Å². The molecule has 0 saturated heterocycles. The Labute approximate surface area is 95.1 Å². The minimum Gasteiger partial charge on any atom is -0.377 e. The third-order valence-corrected chi connectivity index (χ3v) is 2.57. The molecule has 0 saturated carbocycles. The summed E-state index contributed by atoms with van der Waals surface area (Å²) in [5.74, 6) is 0. The summed E-state index contributed by atoms with van der Waals surface area (Å²) in [6.45, 7) is 12.1. The zero-order valence-corrected chi connectivity index (χ0v) is 10.6. The van der Waals surface area contributed by atoms with Crippen LogP contribution in [0.1, 0.15) is 46.5 Å². The number of ether oxygens (including phenoxy) is 1. The van der Waals surface area contributed by atoms with Gasteiger partial charge < -0.3 is 10.1 Å². The van der Waals surface area contributed by atoms with Gasteiger partial charge in [-0.15, -0.1) is 6.58 Å². The first kappa shape index (κ1) is 14.7. The molecule has 90 valence electrons. The Morgan fingerprint density at radius 1 is 1.33 bits per heavy atom. The molecule has 0 radical (unpaired) electrons. The largest absolute Gasteiger partial charge is 0.377 e. The van der Waals surface area contributed by atoms with Crippen LogP contribution in [0.15, 0.2) is 12.7 Å². The van der Waals surface area contributed by atoms with E-state index in [4.69, 9.17) is 4.74 Å². The lowest BCUT2D eigenvalue weighted by atomic mass is 10.0. The molecule has 0 rings (SSSR count). The first-order valence-electron chi connectivity index (χ1n) is 6.25. The lowest BCUT2D eigenvalue weighted by molar-refractivity contribution is 0.0299. The molecule has 0 spiro atoms. The fraction of sp³-hybridized carbons (Fsp3) is 0.846. The highest BCUT2D eigenvalue weighted by molar-refractivity contribution is 4.80. The number of rotatable bonds is 10. The highest BCUT2D eigenvalue weighted by atomic mass is 16.5. The van der Waals surface area contributed by atoms with Crippen molar-refractivity contribution in [3.8, 4) is 0 Å². The van der Waals surface area contributed by atoms with E-state index < -0.39 is 0 Å². The smallest absolute Gasteiger partial charge is 0.0725 e. The molecule has 0 heterocycles. The monoisotopic (exact) mass is 213 g/mol. The Hall–Kier alpha value is -0.340. The summed E-state index contributed by atoms with van der Waals surface area (Å²) in [6.07, 6.45) is 6.77. The van der Waals surface area contributed by atoms with Crippen LogP contribution >= 0.6 is 0 Å². The molecule has 0 aliphatic rings. The number of hydrogen-bond donors (Lipinski definition) is 1. The average molecular weight is 213 g/mol. The summed E-state index contributed by atoms with van der Waals surface area (Å²) in [5, 5.41) is 3.57. The average Bonchev–Trinajstić information content (AvgIpc) is 2.27. The van der Waals surface area contributed by atoms with Crippen molar-refractivity contribution in [2.45, 2.75) is 58.6 Å². The summed E-state index contributed by atoms with van der Waals surface area (Å²) >= 11 is 0. The molecule has 0 aliphatic heterocycles. The van der Waals surface area contributed by atoms with E-state index in [2.05, 4.69) is 32.7 Å². The van der Waals surface area contributed by atoms with Gasteiger partial charge in [0.1, 0.15) is 0 Å². The Morgan fingerprint density at radius 3 is 2.53 bits per heavy atom. The van der Waals surface area contributed by atoms with Gasteiger partial charge in [0.05, 0.1) is 6.10 Å². The van der Waals surface area contributed by atoms with Gasteiger partial charge in [0, 0.05) is 12.6 Å². The lowest BCUT2D eigenvalue weighted by Crippen LogP contribution is -2.41. The first-order valence-corrected chi connectivity index (χ1v) is 6.25. The number of hydrogen-bond acceptors (Lipinski definition) is 2. The van der Waals surface area contributed by atoms with Gasteiger partial charge >= 0.3 is 0 Å². The summed E-state index contributed by atoms with van der Waals surface area (Å²) in [7, 11) is 0. The van der Waals surface area contributed by atoms with Gasteiger partial charge in [-0.1, -0.05) is 19.9 Å². The maximum absolute atomic E-state index is 5.75. The van der Waals surface area contributed by atoms with E-state index in [0.717, 1.165) is 32.4 Å². The molecule has 2 atom stereocenters. The molecule has 15 heavy (non-hydrogen) atoms. The van der Waals surface area contributed by atoms with Crippen molar-refractivity contribution in [3.05, 3.63) is 12.7 Å². The maximum Gasteiger partial charge on any atom is 0.0725 e. The Morgan fingerprint density at radius 2 is 2.07 bits per heavy atom. The standard InChI is InChI=1S/C13H27NO/c1-5-9-10-12(14-11-6-2)13(7-3)15-8-4/h5,12-14H,1,6-11H2,2-4H3. The number of allylic oxidation sites excluding steroid dienone is 1. The van der Waals surface area contributed by atoms with Gasteiger partial charge in [-0.05, 0) is 39.2 Å². The second kappa shape index (κ2) is 10.2. The molecular weight excluding hydrogens is 186 g/mol. The van der Waals surface area contributed by atoms with Crippen molar-refractivity contribution >= 4 is 0 Å². The molecule has 0 aromatic heterocycles. The lowest BCUT2D eigenvalue weighted by Gasteiger charge is -2.27. The van der Waals surface area contributed by atoms with Crippen molar-refractivity contribution < 1.29 is 4.74 Å². The second-order valence-electron chi connectivity index (χ2n) is 3.83. The van der Waals surface area contributed by atoms with Crippen LogP contribution in [0.2, 0.25) is 0 Å². The summed E-state index contributed by atoms with van der Waals surface area (Å²) in [5.41, 5.74) is 0. The quantitative estimate of drug-likeness (QED) is 0.563. The molecule has 1 N–H and O–H groups in total. The fourth-order valence-corrected chi connectivity index (χ4v) is 1.78. The minimum absolute atomic E-state index is 0.349. The molecule has 0 aromatic rings. The van der Waals surface area contributed by atoms with Crippen molar-refractivity contribution in [2.75, 3.05) is 13.2 Å². The molecular formula is C13H27NO. The molecule has 2 nitrogen and oxygen atoms in total. The van der Waals surface area contributed by atoms with Crippen LogP contribution in [-0.2, 0) is 4.74 Å². The van der Waals surface area contributed by atoms with Gasteiger partial charge in [-0.3, -0.25) is 0 Å². The third kappa shape index (κ3) is 6.69. The Balaban J connectivity index is 4.08. The van der Waals surface area contributed by atoms with Crippen LogP contribution in [0, 0.1) is 0 Å². The van der Waals surface area contributed by atoms with Crippen LogP contribution < -0.4 is 5.32 Å². The summed E-state index contributed by atoms with van der Waals surface area (Å²) in [6, 6.07) is 0.480. The van der Waals surface area contributed by atoms with E-state index in [1.807, 2.05) is 6.08 Å². The highest BCUT2D eigenvalue weighted by Gasteiger charge is 2.18. The molecule has 0 fully saturated rings. The Bertz CT molecular complexity index is 147. The van der Waals surface area contributed by atoms with Crippen LogP contribution in [0.3, 0.4) is 0 Å². The molecule has 2 unspecified atom stereocenters. The van der Waals surface area contributed by atoms with Crippen molar-refractivity contribution in [2.24, 2.45) is 0 Å². The SMILES string of the molecule is C=CCCC(NCCC)C(CC)OCC. The predicted molar refractivity (Wildman–Crippen MR) is 67.2 cm³/mol. The van der Waals surface area contributed by atoms with E-state index in [-0.39, 0.29) is 0 Å². The maximum atomic E-state index is 5.75. The second-order valence-corrected chi connectivity index (χ2v) is 3.83. The zero-order valence-electron chi connectivity index (χ0n) is 10.6. The van der Waals surface area contributed by atoms with E-state index in [0.29, 0.717) is 12.1 Å². The molecule has 2 heteroatoms. The van der Waals surface area contributed by atoms with Gasteiger partial charge in [0.15, 0.2) is 0 Å². The zero-order chi connectivity index (χ0) is 11.5. The Kier molecular flexibility index (Phi) is 9.96. The van der Waals surface area contributed by atoms with Crippen LogP contribution in [0.4, 0.5) is 0 Å². The van der Waals surface area contributed by atoms with Gasteiger partial charge in [0.25, 0.3) is 0 Å². The molecule has 0 aromatic carbocycles. The predicted octanol–water partition coefficient (Wildman–Crippen LogP) is 3.14. The normalized spacial score (nSPS) is 14.9. The minimum atomic E-state index is 0.349. The highest BCUT2D eigenvalue weighted by Crippen LogP contribution is 2.10. The van der Waals surface area contributed by atoms with E-state index in [1.165, 1.54) is 6.42 Å². The fourth-order valence-electron chi connectivity index (χ4n) is 1.78. The van der Waals surface area contributed by atoms with Crippen LogP contribution in [-0.4, -0.2) is 25.3 Å². The van der Waals surface area contributed by atoms with Crippen molar-refractivity contribution in [1.82, 2.24) is 5.32 Å².